The van der Waals surface area contributed by atoms with E-state index in [0.717, 1.165) is 16.8 Å². The summed E-state index contributed by atoms with van der Waals surface area (Å²) in [6, 6.07) is 10.1. The number of aromatic nitrogens is 1. The van der Waals surface area contributed by atoms with E-state index in [2.05, 4.69) is 57.0 Å². The maximum atomic E-state index is 11.0. The Morgan fingerprint density at radius 3 is 2.27 bits per heavy atom. The number of pyridine rings is 1. The Kier molecular flexibility index (Phi) is 4.51. The molecular weight excluding hydrogens is 322 g/mol. The van der Waals surface area contributed by atoms with Crippen molar-refractivity contribution >= 4 is 17.6 Å². The predicted molar refractivity (Wildman–Crippen MR) is 106 cm³/mol. The third-order valence-corrected chi connectivity index (χ3v) is 5.67. The van der Waals surface area contributed by atoms with E-state index in [1.54, 1.807) is 12.1 Å². The Morgan fingerprint density at radius 2 is 1.69 bits per heavy atom. The lowest BCUT2D eigenvalue weighted by atomic mass is 9.63. The molecule has 3 heteroatoms. The fourth-order valence-electron chi connectivity index (χ4n) is 3.77. The van der Waals surface area contributed by atoms with E-state index in [1.165, 1.54) is 30.2 Å². The summed E-state index contributed by atoms with van der Waals surface area (Å²) in [5, 5.41) is 9.00. The second kappa shape index (κ2) is 6.39. The Labute approximate surface area is 155 Å². The van der Waals surface area contributed by atoms with Crippen molar-refractivity contribution < 1.29 is 9.90 Å². The van der Waals surface area contributed by atoms with Crippen LogP contribution in [0.25, 0.3) is 11.6 Å². The van der Waals surface area contributed by atoms with Gasteiger partial charge in [-0.15, -0.1) is 0 Å². The zero-order valence-electron chi connectivity index (χ0n) is 16.3. The summed E-state index contributed by atoms with van der Waals surface area (Å²) in [5.74, 6) is -0.954. The predicted octanol–water partition coefficient (Wildman–Crippen LogP) is 5.69. The van der Waals surface area contributed by atoms with Crippen molar-refractivity contribution in [3.05, 3.63) is 64.5 Å². The molecule has 2 aromatic rings. The van der Waals surface area contributed by atoms with E-state index >= 15 is 0 Å². The largest absolute Gasteiger partial charge is 0.478 e. The van der Waals surface area contributed by atoms with Gasteiger partial charge in [0.05, 0.1) is 11.3 Å². The van der Waals surface area contributed by atoms with E-state index < -0.39 is 5.97 Å². The quantitative estimate of drug-likeness (QED) is 0.774. The third-order valence-electron chi connectivity index (χ3n) is 5.67. The average Bonchev–Trinajstić information content (AvgIpc) is 2.59. The highest BCUT2D eigenvalue weighted by atomic mass is 16.4. The molecule has 0 unspecified atom stereocenters. The number of allylic oxidation sites excluding steroid dienone is 1. The third kappa shape index (κ3) is 3.44. The van der Waals surface area contributed by atoms with Crippen molar-refractivity contribution in [2.45, 2.75) is 58.3 Å². The van der Waals surface area contributed by atoms with Crippen LogP contribution in [-0.4, -0.2) is 16.1 Å². The van der Waals surface area contributed by atoms with Crippen molar-refractivity contribution in [2.24, 2.45) is 0 Å². The standard InChI is InChI=1S/C23H27NO2/c1-15(20-9-7-17(14-24-20)21(25)26)12-16-6-8-18-19(13-16)23(4,5)11-10-22(18,2)3/h6-9,12-14H,10-11H2,1-5H3,(H,25,26)/b15-12-. The highest BCUT2D eigenvalue weighted by Gasteiger charge is 2.36. The van der Waals surface area contributed by atoms with E-state index in [4.69, 9.17) is 5.11 Å². The van der Waals surface area contributed by atoms with Crippen molar-refractivity contribution in [3.8, 4) is 0 Å². The molecule has 3 rings (SSSR count). The minimum absolute atomic E-state index is 0.185. The summed E-state index contributed by atoms with van der Waals surface area (Å²) in [6.07, 6.45) is 5.94. The van der Waals surface area contributed by atoms with E-state index in [0.29, 0.717) is 0 Å². The first-order chi connectivity index (χ1) is 12.1. The molecule has 0 atom stereocenters. The number of hydrogen-bond acceptors (Lipinski definition) is 2. The summed E-state index contributed by atoms with van der Waals surface area (Å²) in [7, 11) is 0. The summed E-state index contributed by atoms with van der Waals surface area (Å²) in [6.45, 7) is 11.3. The molecule has 136 valence electrons. The lowest BCUT2D eigenvalue weighted by Crippen LogP contribution is -2.33. The van der Waals surface area contributed by atoms with Gasteiger partial charge in [-0.1, -0.05) is 45.9 Å². The van der Waals surface area contributed by atoms with Crippen molar-refractivity contribution in [2.75, 3.05) is 0 Å². The Hall–Kier alpha value is -2.42. The monoisotopic (exact) mass is 349 g/mol. The Morgan fingerprint density at radius 1 is 1.04 bits per heavy atom. The van der Waals surface area contributed by atoms with Crippen LogP contribution in [-0.2, 0) is 10.8 Å². The molecule has 26 heavy (non-hydrogen) atoms. The van der Waals surface area contributed by atoms with Crippen LogP contribution in [0.4, 0.5) is 0 Å². The second-order valence-electron chi connectivity index (χ2n) is 8.64. The van der Waals surface area contributed by atoms with Crippen LogP contribution in [0.2, 0.25) is 0 Å². The van der Waals surface area contributed by atoms with E-state index in [9.17, 15) is 4.79 Å². The molecule has 0 aliphatic heterocycles. The summed E-state index contributed by atoms with van der Waals surface area (Å²) >= 11 is 0. The minimum atomic E-state index is -0.954. The molecule has 1 aliphatic carbocycles. The maximum absolute atomic E-state index is 11.0. The minimum Gasteiger partial charge on any atom is -0.478 e. The summed E-state index contributed by atoms with van der Waals surface area (Å²) in [5.41, 5.74) is 6.48. The molecule has 0 bridgehead atoms. The lowest BCUT2D eigenvalue weighted by molar-refractivity contribution is 0.0696. The molecule has 1 aliphatic rings. The van der Waals surface area contributed by atoms with Gasteiger partial charge in [0, 0.05) is 6.20 Å². The van der Waals surface area contributed by atoms with Gasteiger partial charge in [-0.2, -0.15) is 0 Å². The van der Waals surface area contributed by atoms with Crippen LogP contribution < -0.4 is 0 Å². The van der Waals surface area contributed by atoms with Crippen LogP contribution in [0, 0.1) is 0 Å². The number of aromatic carboxylic acids is 1. The highest BCUT2D eigenvalue weighted by Crippen LogP contribution is 2.46. The zero-order valence-corrected chi connectivity index (χ0v) is 16.3. The van der Waals surface area contributed by atoms with Crippen molar-refractivity contribution in [1.82, 2.24) is 4.98 Å². The molecule has 1 aromatic heterocycles. The van der Waals surface area contributed by atoms with Gasteiger partial charge in [-0.3, -0.25) is 4.98 Å². The number of carboxylic acid groups (broad SMARTS) is 1. The van der Waals surface area contributed by atoms with Gasteiger partial charge in [-0.05, 0) is 71.1 Å². The van der Waals surface area contributed by atoms with Crippen LogP contribution >= 0.6 is 0 Å². The van der Waals surface area contributed by atoms with Gasteiger partial charge in [-0.25, -0.2) is 4.79 Å². The fourth-order valence-corrected chi connectivity index (χ4v) is 3.77. The average molecular weight is 349 g/mol. The van der Waals surface area contributed by atoms with Gasteiger partial charge >= 0.3 is 5.97 Å². The molecule has 0 fully saturated rings. The normalized spacial score (nSPS) is 18.3. The summed E-state index contributed by atoms with van der Waals surface area (Å²) < 4.78 is 0. The molecule has 0 spiro atoms. The van der Waals surface area contributed by atoms with Gasteiger partial charge < -0.3 is 5.11 Å². The van der Waals surface area contributed by atoms with Gasteiger partial charge in [0.15, 0.2) is 0 Å². The first-order valence-corrected chi connectivity index (χ1v) is 9.13. The molecular formula is C23H27NO2. The number of nitrogens with zero attached hydrogens (tertiary/aromatic N) is 1. The Balaban J connectivity index is 1.97. The number of hydrogen-bond donors (Lipinski definition) is 1. The van der Waals surface area contributed by atoms with Crippen molar-refractivity contribution in [1.29, 1.82) is 0 Å². The second-order valence-corrected chi connectivity index (χ2v) is 8.64. The van der Waals surface area contributed by atoms with E-state index in [-0.39, 0.29) is 16.4 Å². The number of benzene rings is 1. The molecule has 0 radical (unpaired) electrons. The van der Waals surface area contributed by atoms with E-state index in [1.807, 2.05) is 6.92 Å². The fraction of sp³-hybridized carbons (Fsp3) is 0.391. The Bertz CT molecular complexity index is 874. The van der Waals surface area contributed by atoms with Crippen molar-refractivity contribution in [3.63, 3.8) is 0 Å². The topological polar surface area (TPSA) is 50.2 Å². The van der Waals surface area contributed by atoms with Crippen LogP contribution in [0.3, 0.4) is 0 Å². The first kappa shape index (κ1) is 18.4. The first-order valence-electron chi connectivity index (χ1n) is 9.13. The molecule has 0 saturated heterocycles. The number of fused-ring (bicyclic) bond motifs is 1. The molecule has 1 heterocycles. The molecule has 1 aromatic carbocycles. The number of rotatable bonds is 3. The molecule has 1 N–H and O–H groups in total. The molecule has 0 saturated carbocycles. The summed E-state index contributed by atoms with van der Waals surface area (Å²) in [4.78, 5) is 15.3. The van der Waals surface area contributed by atoms with Crippen LogP contribution in [0.5, 0.6) is 0 Å². The highest BCUT2D eigenvalue weighted by molar-refractivity contribution is 5.88. The van der Waals surface area contributed by atoms with Gasteiger partial charge in [0.2, 0.25) is 0 Å². The number of carbonyl (C=O) groups is 1. The molecule has 3 nitrogen and oxygen atoms in total. The maximum Gasteiger partial charge on any atom is 0.337 e. The van der Waals surface area contributed by atoms with Gasteiger partial charge in [0.25, 0.3) is 0 Å². The number of carboxylic acids is 1. The smallest absolute Gasteiger partial charge is 0.337 e. The van der Waals surface area contributed by atoms with Crippen LogP contribution in [0.15, 0.2) is 36.5 Å². The molecule has 0 amide bonds. The lowest BCUT2D eigenvalue weighted by Gasteiger charge is -2.42. The van der Waals surface area contributed by atoms with Crippen LogP contribution in [0.1, 0.15) is 80.2 Å². The zero-order chi connectivity index (χ0) is 19.1. The van der Waals surface area contributed by atoms with Gasteiger partial charge in [0.1, 0.15) is 0 Å². The SMILES string of the molecule is C/C(=C/c1ccc2c(c1)C(C)(C)CCC2(C)C)c1ccc(C(=O)O)cn1.